The summed E-state index contributed by atoms with van der Waals surface area (Å²) in [6.45, 7) is 4.22. The van der Waals surface area contributed by atoms with Crippen molar-refractivity contribution < 1.29 is 9.53 Å². The predicted octanol–water partition coefficient (Wildman–Crippen LogP) is 2.16. The smallest absolute Gasteiger partial charge is 0.318 e. The van der Waals surface area contributed by atoms with Crippen LogP contribution in [0.2, 0.25) is 0 Å². The zero-order valence-corrected chi connectivity index (χ0v) is 13.6. The molecule has 0 radical (unpaired) electrons. The zero-order chi connectivity index (χ0) is 15.7. The summed E-state index contributed by atoms with van der Waals surface area (Å²) in [5, 5.41) is 3.13. The van der Waals surface area contributed by atoms with E-state index in [2.05, 4.69) is 37.3 Å². The molecule has 1 N–H and O–H groups in total. The highest BCUT2D eigenvalue weighted by molar-refractivity contribution is 5.75. The third kappa shape index (κ3) is 3.04. The summed E-state index contributed by atoms with van der Waals surface area (Å²) in [7, 11) is 4.16. The fourth-order valence-corrected chi connectivity index (χ4v) is 3.25. The number of nitrogens with zero attached hydrogens (tertiary/aromatic N) is 2. The van der Waals surface area contributed by atoms with Gasteiger partial charge in [-0.05, 0) is 39.9 Å². The molecule has 0 unspecified atom stereocenters. The number of nitrogens with one attached hydrogen (secondary N) is 1. The van der Waals surface area contributed by atoms with Crippen molar-refractivity contribution in [2.75, 3.05) is 33.8 Å². The molecule has 2 amide bonds. The topological polar surface area (TPSA) is 44.8 Å². The van der Waals surface area contributed by atoms with Gasteiger partial charge in [-0.1, -0.05) is 17.7 Å². The number of rotatable bonds is 2. The van der Waals surface area contributed by atoms with Crippen molar-refractivity contribution in [3.63, 3.8) is 0 Å². The van der Waals surface area contributed by atoms with Crippen molar-refractivity contribution in [1.29, 1.82) is 0 Å². The van der Waals surface area contributed by atoms with Crippen molar-refractivity contribution in [1.82, 2.24) is 15.1 Å². The molecule has 0 aromatic heterocycles. The van der Waals surface area contributed by atoms with Crippen molar-refractivity contribution in [2.45, 2.75) is 31.8 Å². The highest BCUT2D eigenvalue weighted by Crippen LogP contribution is 2.33. The summed E-state index contributed by atoms with van der Waals surface area (Å²) < 4.78 is 5.67. The van der Waals surface area contributed by atoms with E-state index in [1.54, 1.807) is 0 Å². The van der Waals surface area contributed by atoms with E-state index < -0.39 is 0 Å². The highest BCUT2D eigenvalue weighted by Gasteiger charge is 2.30. The fourth-order valence-electron chi connectivity index (χ4n) is 3.25. The number of likely N-dealkylation sites (N-methyl/N-ethyl adjacent to an activating group) is 1. The van der Waals surface area contributed by atoms with Gasteiger partial charge in [-0.25, -0.2) is 4.79 Å². The fraction of sp³-hybridized carbons (Fsp3) is 0.588. The lowest BCUT2D eigenvalue weighted by atomic mass is 10.0. The Morgan fingerprint density at radius 3 is 3.00 bits per heavy atom. The Morgan fingerprint density at radius 2 is 2.23 bits per heavy atom. The first-order valence-corrected chi connectivity index (χ1v) is 8.00. The molecule has 5 nitrogen and oxygen atoms in total. The average molecular weight is 303 g/mol. The molecule has 3 rings (SSSR count). The number of amides is 2. The maximum atomic E-state index is 12.6. The van der Waals surface area contributed by atoms with E-state index in [-0.39, 0.29) is 12.1 Å². The van der Waals surface area contributed by atoms with E-state index in [1.807, 2.05) is 17.0 Å². The quantitative estimate of drug-likeness (QED) is 0.910. The van der Waals surface area contributed by atoms with Crippen LogP contribution >= 0.6 is 0 Å². The van der Waals surface area contributed by atoms with Crippen LogP contribution in [0.4, 0.5) is 4.79 Å². The van der Waals surface area contributed by atoms with Crippen LogP contribution < -0.4 is 10.1 Å². The lowest BCUT2D eigenvalue weighted by Crippen LogP contribution is -2.51. The Balaban J connectivity index is 1.65. The van der Waals surface area contributed by atoms with Crippen LogP contribution in [0.15, 0.2) is 18.2 Å². The second kappa shape index (κ2) is 6.16. The molecule has 1 aromatic rings. The molecule has 1 saturated heterocycles. The summed E-state index contributed by atoms with van der Waals surface area (Å²) >= 11 is 0. The minimum atomic E-state index is -0.0397. The van der Waals surface area contributed by atoms with Gasteiger partial charge in [0.2, 0.25) is 0 Å². The van der Waals surface area contributed by atoms with E-state index in [9.17, 15) is 4.79 Å². The second-order valence-corrected chi connectivity index (χ2v) is 6.56. The molecule has 2 aliphatic heterocycles. The number of carbonyl (C=O) groups excluding carboxylic acids is 1. The molecular formula is C17H25N3O2. The van der Waals surface area contributed by atoms with Crippen molar-refractivity contribution in [3.05, 3.63) is 29.3 Å². The van der Waals surface area contributed by atoms with Crippen molar-refractivity contribution in [2.24, 2.45) is 0 Å². The van der Waals surface area contributed by atoms with Gasteiger partial charge in [-0.2, -0.15) is 0 Å². The van der Waals surface area contributed by atoms with Gasteiger partial charge in [0.1, 0.15) is 12.4 Å². The third-order valence-corrected chi connectivity index (χ3v) is 4.66. The molecule has 22 heavy (non-hydrogen) atoms. The monoisotopic (exact) mass is 303 g/mol. The number of urea groups is 1. The van der Waals surface area contributed by atoms with Crippen LogP contribution in [0.5, 0.6) is 5.75 Å². The molecule has 0 aliphatic carbocycles. The minimum Gasteiger partial charge on any atom is -0.491 e. The maximum absolute atomic E-state index is 12.6. The number of aryl methyl sites for hydroxylation is 1. The van der Waals surface area contributed by atoms with Crippen LogP contribution in [0.25, 0.3) is 0 Å². The van der Waals surface area contributed by atoms with E-state index in [0.717, 1.165) is 37.2 Å². The van der Waals surface area contributed by atoms with Gasteiger partial charge < -0.3 is 19.9 Å². The number of carbonyl (C=O) groups is 1. The van der Waals surface area contributed by atoms with E-state index >= 15 is 0 Å². The SMILES string of the molecule is Cc1ccc2c(c1)[C@@H](NC(=O)N1CCC[C@@H](N(C)C)C1)CO2. The third-order valence-electron chi connectivity index (χ3n) is 4.66. The molecule has 2 heterocycles. The molecule has 1 fully saturated rings. The van der Waals surface area contributed by atoms with E-state index in [1.165, 1.54) is 5.56 Å². The van der Waals surface area contributed by atoms with Gasteiger partial charge in [-0.3, -0.25) is 0 Å². The zero-order valence-electron chi connectivity index (χ0n) is 13.6. The summed E-state index contributed by atoms with van der Waals surface area (Å²) in [5.74, 6) is 0.890. The van der Waals surface area contributed by atoms with E-state index in [0.29, 0.717) is 12.6 Å². The maximum Gasteiger partial charge on any atom is 0.318 e. The predicted molar refractivity (Wildman–Crippen MR) is 86.2 cm³/mol. The highest BCUT2D eigenvalue weighted by atomic mass is 16.5. The summed E-state index contributed by atoms with van der Waals surface area (Å²) in [6, 6.07) is 6.56. The Hall–Kier alpha value is -1.75. The molecule has 0 bridgehead atoms. The number of hydrogen-bond donors (Lipinski definition) is 1. The Labute approximate surface area is 132 Å². The number of fused-ring (bicyclic) bond motifs is 1. The number of likely N-dealkylation sites (tertiary alicyclic amines) is 1. The summed E-state index contributed by atoms with van der Waals surface area (Å²) in [6.07, 6.45) is 2.22. The van der Waals surface area contributed by atoms with Gasteiger partial charge in [0.05, 0.1) is 6.04 Å². The summed E-state index contributed by atoms with van der Waals surface area (Å²) in [5.41, 5.74) is 2.28. The summed E-state index contributed by atoms with van der Waals surface area (Å²) in [4.78, 5) is 16.7. The van der Waals surface area contributed by atoms with Crippen LogP contribution in [0.1, 0.15) is 30.0 Å². The molecule has 0 spiro atoms. The molecule has 120 valence electrons. The number of hydrogen-bond acceptors (Lipinski definition) is 3. The first-order chi connectivity index (χ1) is 10.5. The van der Waals surface area contributed by atoms with Gasteiger partial charge >= 0.3 is 6.03 Å². The van der Waals surface area contributed by atoms with Gasteiger partial charge in [0.25, 0.3) is 0 Å². The first kappa shape index (κ1) is 15.2. The largest absolute Gasteiger partial charge is 0.491 e. The van der Waals surface area contributed by atoms with Crippen molar-refractivity contribution >= 4 is 6.03 Å². The second-order valence-electron chi connectivity index (χ2n) is 6.56. The van der Waals surface area contributed by atoms with Crippen LogP contribution in [0.3, 0.4) is 0 Å². The molecule has 1 aromatic carbocycles. The Morgan fingerprint density at radius 1 is 1.41 bits per heavy atom. The van der Waals surface area contributed by atoms with Gasteiger partial charge in [0, 0.05) is 24.7 Å². The average Bonchev–Trinajstić information content (AvgIpc) is 2.89. The normalized spacial score (nSPS) is 24.1. The van der Waals surface area contributed by atoms with Gasteiger partial charge in [-0.15, -0.1) is 0 Å². The lowest BCUT2D eigenvalue weighted by Gasteiger charge is -2.36. The molecule has 5 heteroatoms. The van der Waals surface area contributed by atoms with Gasteiger partial charge in [0.15, 0.2) is 0 Å². The standard InChI is InChI=1S/C17H25N3O2/c1-12-6-7-16-14(9-12)15(11-22-16)18-17(21)20-8-4-5-13(10-20)19(2)3/h6-7,9,13,15H,4-5,8,10-11H2,1-3H3,(H,18,21)/t13-,15+/m1/s1. The molecule has 2 aliphatic rings. The first-order valence-electron chi connectivity index (χ1n) is 8.00. The molecule has 0 saturated carbocycles. The number of benzene rings is 1. The van der Waals surface area contributed by atoms with Crippen LogP contribution in [0, 0.1) is 6.92 Å². The van der Waals surface area contributed by atoms with E-state index in [4.69, 9.17) is 4.74 Å². The lowest BCUT2D eigenvalue weighted by molar-refractivity contribution is 0.136. The number of piperidine rings is 1. The number of ether oxygens (including phenoxy) is 1. The Bertz CT molecular complexity index is 559. The van der Waals surface area contributed by atoms with Crippen LogP contribution in [-0.4, -0.2) is 55.7 Å². The Kier molecular flexibility index (Phi) is 4.25. The van der Waals surface area contributed by atoms with Crippen molar-refractivity contribution in [3.8, 4) is 5.75 Å². The molecule has 2 atom stereocenters. The minimum absolute atomic E-state index is 0.0227. The molecular weight excluding hydrogens is 278 g/mol. The van der Waals surface area contributed by atoms with Crippen LogP contribution in [-0.2, 0) is 0 Å².